The number of nitrogens with zero attached hydrogens (tertiary/aromatic N) is 1. The molecule has 0 unspecified atom stereocenters. The van der Waals surface area contributed by atoms with E-state index in [1.54, 1.807) is 16.2 Å². The Kier molecular flexibility index (Phi) is 4.53. The van der Waals surface area contributed by atoms with Crippen molar-refractivity contribution in [3.63, 3.8) is 0 Å². The van der Waals surface area contributed by atoms with Gasteiger partial charge in [-0.2, -0.15) is 0 Å². The first-order chi connectivity index (χ1) is 10.7. The number of amides is 2. The molecule has 3 rings (SSSR count). The molecular weight excluding hydrogens is 296 g/mol. The number of carbonyl (C=O) groups is 2. The fourth-order valence-electron chi connectivity index (χ4n) is 2.68. The zero-order valence-electron chi connectivity index (χ0n) is 12.2. The van der Waals surface area contributed by atoms with Crippen LogP contribution in [-0.2, 0) is 22.4 Å². The molecule has 1 aliphatic heterocycles. The third-order valence-electron chi connectivity index (χ3n) is 3.76. The number of aryl methyl sites for hydroxylation is 1. The Balaban J connectivity index is 1.55. The van der Waals surface area contributed by atoms with Crippen LogP contribution in [0.4, 0.5) is 5.69 Å². The molecule has 5 heteroatoms. The van der Waals surface area contributed by atoms with Crippen molar-refractivity contribution in [2.24, 2.45) is 0 Å². The fraction of sp³-hybridized carbons (Fsp3) is 0.294. The Labute approximate surface area is 133 Å². The standard InChI is InChI=1S/C17H18N2O2S/c20-16(12-14-5-3-11-22-14)18-9-10-19-15-6-2-1-4-13(15)7-8-17(19)21/h1-6,11H,7-10,12H2,(H,18,20). The highest BCUT2D eigenvalue weighted by molar-refractivity contribution is 7.10. The van der Waals surface area contributed by atoms with Gasteiger partial charge in [0.2, 0.25) is 11.8 Å². The second-order valence-electron chi connectivity index (χ2n) is 5.28. The normalized spacial score (nSPS) is 13.8. The number of hydrogen-bond donors (Lipinski definition) is 1. The molecule has 1 aromatic carbocycles. The predicted octanol–water partition coefficient (Wildman–Crippen LogP) is 2.39. The highest BCUT2D eigenvalue weighted by Gasteiger charge is 2.23. The SMILES string of the molecule is O=C(Cc1cccs1)NCCN1C(=O)CCc2ccccc21. The minimum atomic E-state index is 0.000179. The number of hydrogen-bond acceptors (Lipinski definition) is 3. The van der Waals surface area contributed by atoms with Gasteiger partial charge in [-0.3, -0.25) is 9.59 Å². The number of benzene rings is 1. The molecule has 0 bridgehead atoms. The number of thiophene rings is 1. The molecule has 0 saturated heterocycles. The van der Waals surface area contributed by atoms with Crippen molar-refractivity contribution in [3.05, 3.63) is 52.2 Å². The zero-order valence-corrected chi connectivity index (χ0v) is 13.1. The predicted molar refractivity (Wildman–Crippen MR) is 88.1 cm³/mol. The number of carbonyl (C=O) groups excluding carboxylic acids is 2. The van der Waals surface area contributed by atoms with E-state index in [-0.39, 0.29) is 11.8 Å². The molecule has 0 spiro atoms. The van der Waals surface area contributed by atoms with Crippen molar-refractivity contribution >= 4 is 28.8 Å². The molecular formula is C17H18N2O2S. The number of fused-ring (bicyclic) bond motifs is 1. The molecule has 0 radical (unpaired) electrons. The van der Waals surface area contributed by atoms with Crippen LogP contribution in [0.3, 0.4) is 0 Å². The molecule has 1 aliphatic rings. The van der Waals surface area contributed by atoms with Crippen molar-refractivity contribution in [1.82, 2.24) is 5.32 Å². The summed E-state index contributed by atoms with van der Waals surface area (Å²) < 4.78 is 0. The number of para-hydroxylation sites is 1. The Morgan fingerprint density at radius 3 is 2.86 bits per heavy atom. The lowest BCUT2D eigenvalue weighted by molar-refractivity contribution is -0.121. The van der Waals surface area contributed by atoms with Crippen LogP contribution < -0.4 is 10.2 Å². The maximum Gasteiger partial charge on any atom is 0.227 e. The molecule has 1 N–H and O–H groups in total. The Hall–Kier alpha value is -2.14. The molecule has 22 heavy (non-hydrogen) atoms. The number of nitrogens with one attached hydrogen (secondary N) is 1. The van der Waals surface area contributed by atoms with E-state index < -0.39 is 0 Å². The monoisotopic (exact) mass is 314 g/mol. The van der Waals surface area contributed by atoms with Crippen LogP contribution in [0.5, 0.6) is 0 Å². The van der Waals surface area contributed by atoms with Crippen LogP contribution in [0.25, 0.3) is 0 Å². The summed E-state index contributed by atoms with van der Waals surface area (Å²) in [6.07, 6.45) is 1.75. The number of rotatable bonds is 5. The van der Waals surface area contributed by atoms with E-state index in [9.17, 15) is 9.59 Å². The summed E-state index contributed by atoms with van der Waals surface area (Å²) in [6.45, 7) is 0.996. The van der Waals surface area contributed by atoms with Crippen LogP contribution in [0, 0.1) is 0 Å². The average Bonchev–Trinajstić information content (AvgIpc) is 3.02. The summed E-state index contributed by atoms with van der Waals surface area (Å²) >= 11 is 1.58. The molecule has 1 aromatic heterocycles. The van der Waals surface area contributed by atoms with E-state index in [2.05, 4.69) is 11.4 Å². The number of anilines is 1. The minimum absolute atomic E-state index is 0.000179. The Morgan fingerprint density at radius 1 is 1.18 bits per heavy atom. The van der Waals surface area contributed by atoms with Gasteiger partial charge in [0.1, 0.15) is 0 Å². The zero-order chi connectivity index (χ0) is 15.4. The molecule has 0 saturated carbocycles. The lowest BCUT2D eigenvalue weighted by atomic mass is 10.0. The maximum absolute atomic E-state index is 12.1. The molecule has 114 valence electrons. The summed E-state index contributed by atoms with van der Waals surface area (Å²) in [5.41, 5.74) is 2.18. The molecule has 2 amide bonds. The van der Waals surface area contributed by atoms with Crippen LogP contribution >= 0.6 is 11.3 Å². The Morgan fingerprint density at radius 2 is 2.05 bits per heavy atom. The van der Waals surface area contributed by atoms with E-state index in [1.165, 1.54) is 5.56 Å². The van der Waals surface area contributed by atoms with E-state index in [1.807, 2.05) is 35.7 Å². The van der Waals surface area contributed by atoms with Gasteiger partial charge in [-0.25, -0.2) is 0 Å². The van der Waals surface area contributed by atoms with E-state index in [0.717, 1.165) is 17.0 Å². The van der Waals surface area contributed by atoms with E-state index in [4.69, 9.17) is 0 Å². The Bertz CT molecular complexity index is 667. The van der Waals surface area contributed by atoms with Crippen molar-refractivity contribution in [1.29, 1.82) is 0 Å². The highest BCUT2D eigenvalue weighted by Crippen LogP contribution is 2.26. The largest absolute Gasteiger partial charge is 0.354 e. The summed E-state index contributed by atoms with van der Waals surface area (Å²) in [5.74, 6) is 0.131. The topological polar surface area (TPSA) is 49.4 Å². The summed E-state index contributed by atoms with van der Waals surface area (Å²) in [7, 11) is 0. The summed E-state index contributed by atoms with van der Waals surface area (Å²) in [5, 5.41) is 4.86. The fourth-order valence-corrected chi connectivity index (χ4v) is 3.39. The first-order valence-corrected chi connectivity index (χ1v) is 8.29. The van der Waals surface area contributed by atoms with Crippen molar-refractivity contribution in [3.8, 4) is 0 Å². The second-order valence-corrected chi connectivity index (χ2v) is 6.31. The minimum Gasteiger partial charge on any atom is -0.354 e. The second kappa shape index (κ2) is 6.75. The van der Waals surface area contributed by atoms with Crippen LogP contribution in [0.15, 0.2) is 41.8 Å². The van der Waals surface area contributed by atoms with Gasteiger partial charge >= 0.3 is 0 Å². The summed E-state index contributed by atoms with van der Waals surface area (Å²) in [6, 6.07) is 11.9. The average molecular weight is 314 g/mol. The molecule has 4 nitrogen and oxygen atoms in total. The third kappa shape index (κ3) is 3.36. The van der Waals surface area contributed by atoms with Crippen LogP contribution in [0.2, 0.25) is 0 Å². The van der Waals surface area contributed by atoms with Gasteiger partial charge in [0, 0.05) is 30.1 Å². The molecule has 2 aromatic rings. The van der Waals surface area contributed by atoms with Crippen molar-refractivity contribution < 1.29 is 9.59 Å². The van der Waals surface area contributed by atoms with Crippen LogP contribution in [-0.4, -0.2) is 24.9 Å². The van der Waals surface area contributed by atoms with Gasteiger partial charge in [-0.15, -0.1) is 11.3 Å². The van der Waals surface area contributed by atoms with E-state index in [0.29, 0.717) is 25.9 Å². The summed E-state index contributed by atoms with van der Waals surface area (Å²) in [4.78, 5) is 26.8. The van der Waals surface area contributed by atoms with Gasteiger partial charge in [-0.05, 0) is 29.5 Å². The van der Waals surface area contributed by atoms with E-state index >= 15 is 0 Å². The quantitative estimate of drug-likeness (QED) is 0.921. The molecule has 0 atom stereocenters. The van der Waals surface area contributed by atoms with Crippen LogP contribution in [0.1, 0.15) is 16.9 Å². The smallest absolute Gasteiger partial charge is 0.227 e. The van der Waals surface area contributed by atoms with Gasteiger partial charge in [0.15, 0.2) is 0 Å². The lowest BCUT2D eigenvalue weighted by Gasteiger charge is -2.29. The first kappa shape index (κ1) is 14.8. The van der Waals surface area contributed by atoms with Gasteiger partial charge in [-0.1, -0.05) is 24.3 Å². The van der Waals surface area contributed by atoms with Gasteiger partial charge < -0.3 is 10.2 Å². The van der Waals surface area contributed by atoms with Crippen molar-refractivity contribution in [2.75, 3.05) is 18.0 Å². The third-order valence-corrected chi connectivity index (χ3v) is 4.64. The molecule has 0 aliphatic carbocycles. The highest BCUT2D eigenvalue weighted by atomic mass is 32.1. The maximum atomic E-state index is 12.1. The molecule has 0 fully saturated rings. The van der Waals surface area contributed by atoms with Gasteiger partial charge in [0.25, 0.3) is 0 Å². The molecule has 2 heterocycles. The van der Waals surface area contributed by atoms with Crippen molar-refractivity contribution in [2.45, 2.75) is 19.3 Å². The van der Waals surface area contributed by atoms with Gasteiger partial charge in [0.05, 0.1) is 6.42 Å². The lowest BCUT2D eigenvalue weighted by Crippen LogP contribution is -2.41. The first-order valence-electron chi connectivity index (χ1n) is 7.41.